The second kappa shape index (κ2) is 9.79. The van der Waals surface area contributed by atoms with Crippen molar-refractivity contribution in [1.29, 1.82) is 0 Å². The molecule has 1 saturated carbocycles. The van der Waals surface area contributed by atoms with Gasteiger partial charge in [0.15, 0.2) is 21.3 Å². The van der Waals surface area contributed by atoms with E-state index < -0.39 is 21.0 Å². The van der Waals surface area contributed by atoms with Gasteiger partial charge < -0.3 is 9.47 Å². The minimum atomic E-state index is -3.70. The van der Waals surface area contributed by atoms with Gasteiger partial charge in [0, 0.05) is 24.2 Å². The van der Waals surface area contributed by atoms with Gasteiger partial charge >= 0.3 is 0 Å². The lowest BCUT2D eigenvalue weighted by Gasteiger charge is -2.26. The first-order valence-corrected chi connectivity index (χ1v) is 12.9. The zero-order chi connectivity index (χ0) is 24.5. The van der Waals surface area contributed by atoms with Gasteiger partial charge in [-0.25, -0.2) is 18.4 Å². The molecule has 2 atom stereocenters. The normalized spacial score (nSPS) is 16.0. The molecule has 11 nitrogen and oxygen atoms in total. The van der Waals surface area contributed by atoms with E-state index in [-0.39, 0.29) is 29.3 Å². The summed E-state index contributed by atoms with van der Waals surface area (Å²) >= 11 is 5.87. The fraction of sp³-hybridized carbons (Fsp3) is 0.524. The van der Waals surface area contributed by atoms with Crippen molar-refractivity contribution in [3.05, 3.63) is 41.2 Å². The summed E-state index contributed by atoms with van der Waals surface area (Å²) in [5.41, 5.74) is 0.381. The Labute approximate surface area is 202 Å². The van der Waals surface area contributed by atoms with Crippen molar-refractivity contribution >= 4 is 21.4 Å². The largest absolute Gasteiger partial charge is 0.479 e. The first kappa shape index (κ1) is 24.3. The molecular weight excluding hydrogens is 482 g/mol. The zero-order valence-corrected chi connectivity index (χ0v) is 20.9. The summed E-state index contributed by atoms with van der Waals surface area (Å²) in [6.07, 6.45) is 7.17. The Morgan fingerprint density at radius 2 is 1.68 bits per heavy atom. The van der Waals surface area contributed by atoms with Crippen molar-refractivity contribution in [2.45, 2.75) is 55.9 Å². The van der Waals surface area contributed by atoms with Gasteiger partial charge in [0.2, 0.25) is 11.8 Å². The molecule has 0 N–H and O–H groups in total. The topological polar surface area (TPSA) is 135 Å². The van der Waals surface area contributed by atoms with Crippen LogP contribution in [0.5, 0.6) is 11.8 Å². The molecule has 0 bridgehead atoms. The van der Waals surface area contributed by atoms with Gasteiger partial charge in [0.1, 0.15) is 23.7 Å². The number of sulfone groups is 1. The smallest absolute Gasteiger partial charge is 0.245 e. The number of aromatic nitrogens is 7. The summed E-state index contributed by atoms with van der Waals surface area (Å²) in [4.78, 5) is 16.7. The Kier molecular flexibility index (Phi) is 6.99. The number of ether oxygens (including phenoxy) is 2. The molecule has 3 heterocycles. The molecule has 1 fully saturated rings. The van der Waals surface area contributed by atoms with Crippen LogP contribution in [0.3, 0.4) is 0 Å². The maximum Gasteiger partial charge on any atom is 0.245 e. The highest BCUT2D eigenvalue weighted by atomic mass is 35.5. The quantitative estimate of drug-likeness (QED) is 0.425. The van der Waals surface area contributed by atoms with Crippen LogP contribution < -0.4 is 9.47 Å². The predicted molar refractivity (Wildman–Crippen MR) is 124 cm³/mol. The second-order valence-electron chi connectivity index (χ2n) is 8.24. The molecule has 0 aromatic carbocycles. The van der Waals surface area contributed by atoms with Gasteiger partial charge in [-0.15, -0.1) is 10.2 Å². The first-order valence-electron chi connectivity index (χ1n) is 10.8. The van der Waals surface area contributed by atoms with Crippen LogP contribution in [0.15, 0.2) is 18.7 Å². The van der Waals surface area contributed by atoms with Crippen LogP contribution in [0.25, 0.3) is 5.69 Å². The van der Waals surface area contributed by atoms with Gasteiger partial charge in [-0.1, -0.05) is 24.9 Å². The summed E-state index contributed by atoms with van der Waals surface area (Å²) < 4.78 is 39.5. The third kappa shape index (κ3) is 4.56. The minimum Gasteiger partial charge on any atom is -0.479 e. The maximum atomic E-state index is 13.5. The van der Waals surface area contributed by atoms with Gasteiger partial charge in [0.25, 0.3) is 0 Å². The van der Waals surface area contributed by atoms with E-state index in [0.29, 0.717) is 22.4 Å². The Balaban J connectivity index is 1.74. The van der Waals surface area contributed by atoms with Crippen molar-refractivity contribution in [2.24, 2.45) is 0 Å². The average Bonchev–Trinajstić information content (AvgIpc) is 3.18. The summed E-state index contributed by atoms with van der Waals surface area (Å²) in [7, 11) is -0.746. The first-order chi connectivity index (χ1) is 16.3. The summed E-state index contributed by atoms with van der Waals surface area (Å²) in [6.45, 7) is 3.41. The van der Waals surface area contributed by atoms with Crippen LogP contribution in [-0.4, -0.2) is 62.6 Å². The summed E-state index contributed by atoms with van der Waals surface area (Å²) in [5, 5.41) is 8.24. The highest BCUT2D eigenvalue weighted by Crippen LogP contribution is 2.40. The molecule has 4 rings (SSSR count). The molecule has 0 aliphatic heterocycles. The van der Waals surface area contributed by atoms with E-state index in [1.165, 1.54) is 32.9 Å². The van der Waals surface area contributed by atoms with Crippen molar-refractivity contribution in [3.63, 3.8) is 0 Å². The van der Waals surface area contributed by atoms with Crippen molar-refractivity contribution in [1.82, 2.24) is 34.7 Å². The number of halogens is 1. The van der Waals surface area contributed by atoms with Crippen molar-refractivity contribution < 1.29 is 17.9 Å². The summed E-state index contributed by atoms with van der Waals surface area (Å²) in [6, 6.07) is 0. The molecule has 34 heavy (non-hydrogen) atoms. The van der Waals surface area contributed by atoms with Gasteiger partial charge in [-0.05, 0) is 19.8 Å². The Morgan fingerprint density at radius 3 is 2.21 bits per heavy atom. The molecule has 182 valence electrons. The Bertz CT molecular complexity index is 1240. The number of nitrogens with zero attached hydrogens (tertiary/aromatic N) is 7. The lowest BCUT2D eigenvalue weighted by atomic mass is 9.85. The lowest BCUT2D eigenvalue weighted by Crippen LogP contribution is -2.28. The molecule has 13 heteroatoms. The van der Waals surface area contributed by atoms with E-state index in [9.17, 15) is 8.42 Å². The van der Waals surface area contributed by atoms with E-state index in [1.54, 1.807) is 18.4 Å². The third-order valence-corrected chi connectivity index (χ3v) is 8.64. The fourth-order valence-corrected chi connectivity index (χ4v) is 5.48. The highest BCUT2D eigenvalue weighted by molar-refractivity contribution is 7.91. The monoisotopic (exact) mass is 507 g/mol. The van der Waals surface area contributed by atoms with E-state index >= 15 is 0 Å². The molecule has 1 aliphatic carbocycles. The molecule has 0 amide bonds. The molecule has 0 spiro atoms. The van der Waals surface area contributed by atoms with Crippen LogP contribution >= 0.6 is 11.6 Å². The highest BCUT2D eigenvalue weighted by Gasteiger charge is 2.35. The molecular formula is C21H26ClN7O4S. The predicted octanol–water partition coefficient (Wildman–Crippen LogP) is 2.89. The molecule has 0 radical (unpaired) electrons. The molecule has 3 aromatic heterocycles. The number of rotatable bonds is 9. The third-order valence-electron chi connectivity index (χ3n) is 6.24. The van der Waals surface area contributed by atoms with E-state index in [1.807, 2.05) is 0 Å². The molecule has 1 aliphatic rings. The van der Waals surface area contributed by atoms with Crippen LogP contribution in [0.2, 0.25) is 5.02 Å². The van der Waals surface area contributed by atoms with E-state index in [4.69, 9.17) is 21.1 Å². The van der Waals surface area contributed by atoms with Crippen LogP contribution in [0, 0.1) is 0 Å². The Hall–Kier alpha value is -2.86. The van der Waals surface area contributed by atoms with Crippen LogP contribution in [0.1, 0.15) is 62.4 Å². The second-order valence-corrected chi connectivity index (χ2v) is 11.0. The number of hydrogen-bond donors (Lipinski definition) is 0. The van der Waals surface area contributed by atoms with Gasteiger partial charge in [-0.3, -0.25) is 4.57 Å². The van der Waals surface area contributed by atoms with Crippen LogP contribution in [-0.2, 0) is 15.6 Å². The molecule has 3 aromatic rings. The van der Waals surface area contributed by atoms with Gasteiger partial charge in [-0.2, -0.15) is 9.97 Å². The standard InChI is InChI=1S/C21H26ClN7O4S/c1-12(18-23-8-15(22)9-24-18)13(2)34(30,31)10-16-27-28-19(14-6-5-7-14)29(16)17-20(32-3)25-11-26-21(17)33-4/h8-9,11-14H,5-7,10H2,1-4H3/t12-,13-/m0/s1. The van der Waals surface area contributed by atoms with Crippen LogP contribution in [0.4, 0.5) is 0 Å². The molecule has 0 unspecified atom stereocenters. The molecule has 0 saturated heterocycles. The average molecular weight is 508 g/mol. The lowest BCUT2D eigenvalue weighted by molar-refractivity contribution is 0.361. The minimum absolute atomic E-state index is 0.150. The van der Waals surface area contributed by atoms with Gasteiger partial charge in [0.05, 0.1) is 24.5 Å². The summed E-state index contributed by atoms with van der Waals surface area (Å²) in [5.74, 6) is 1.09. The SMILES string of the molecule is COc1ncnc(OC)c1-n1c(CS(=O)(=O)[C@@H](C)[C@H](C)c2ncc(Cl)cn2)nnc1C1CCC1. The van der Waals surface area contributed by atoms with E-state index in [2.05, 4.69) is 30.1 Å². The number of hydrogen-bond acceptors (Lipinski definition) is 10. The van der Waals surface area contributed by atoms with Crippen molar-refractivity contribution in [3.8, 4) is 17.4 Å². The van der Waals surface area contributed by atoms with Crippen molar-refractivity contribution in [2.75, 3.05) is 14.2 Å². The van der Waals surface area contributed by atoms with E-state index in [0.717, 1.165) is 19.3 Å². The number of methoxy groups -OCH3 is 2. The fourth-order valence-electron chi connectivity index (χ4n) is 3.83. The maximum absolute atomic E-state index is 13.5. The Morgan fingerprint density at radius 1 is 1.06 bits per heavy atom. The zero-order valence-electron chi connectivity index (χ0n) is 19.3.